The number of carbonyl (C=O) groups excluding carboxylic acids is 2. The summed E-state index contributed by atoms with van der Waals surface area (Å²) < 4.78 is 11.1. The third-order valence-electron chi connectivity index (χ3n) is 5.79. The molecule has 2 aliphatic rings. The fraction of sp³-hybridized carbons (Fsp3) is 0.391. The lowest BCUT2D eigenvalue weighted by Gasteiger charge is -2.34. The van der Waals surface area contributed by atoms with Crippen LogP contribution in [0.4, 0.5) is 5.69 Å². The predicted molar refractivity (Wildman–Crippen MR) is 116 cm³/mol. The van der Waals surface area contributed by atoms with Gasteiger partial charge in [-0.25, -0.2) is 0 Å². The number of piperidine rings is 1. The summed E-state index contributed by atoms with van der Waals surface area (Å²) in [5, 5.41) is 3.41. The summed E-state index contributed by atoms with van der Waals surface area (Å²) >= 11 is 6.13. The summed E-state index contributed by atoms with van der Waals surface area (Å²) in [6.07, 6.45) is 1.44. The van der Waals surface area contributed by atoms with Gasteiger partial charge in [0.05, 0.1) is 16.8 Å². The normalized spacial score (nSPS) is 17.9. The topological polar surface area (TPSA) is 67.9 Å². The lowest BCUT2D eigenvalue weighted by Crippen LogP contribution is -2.47. The maximum Gasteiger partial charge on any atom is 0.241 e. The maximum absolute atomic E-state index is 13.0. The first-order valence-corrected chi connectivity index (χ1v) is 10.6. The Morgan fingerprint density at radius 2 is 1.77 bits per heavy atom. The smallest absolute Gasteiger partial charge is 0.241 e. The molecule has 7 heteroatoms. The number of benzene rings is 2. The molecule has 1 atom stereocenters. The van der Waals surface area contributed by atoms with E-state index in [-0.39, 0.29) is 23.7 Å². The summed E-state index contributed by atoms with van der Waals surface area (Å²) in [6, 6.07) is 12.3. The van der Waals surface area contributed by atoms with Crippen LogP contribution in [0.3, 0.4) is 0 Å². The lowest BCUT2D eigenvalue weighted by atomic mass is 9.88. The average molecular weight is 429 g/mol. The summed E-state index contributed by atoms with van der Waals surface area (Å²) in [5.74, 6) is 1.29. The second-order valence-electron chi connectivity index (χ2n) is 7.68. The Labute approximate surface area is 181 Å². The number of halogens is 1. The SMILES string of the molecule is CC(C(=O)Nc1ccccc1Cl)N1CCC(C(=O)c2ccc3c(c2)OCCO3)CC1. The second kappa shape index (κ2) is 9.06. The molecule has 2 heterocycles. The van der Waals surface area contributed by atoms with Gasteiger partial charge in [0.25, 0.3) is 0 Å². The van der Waals surface area contributed by atoms with Gasteiger partial charge in [-0.3, -0.25) is 14.5 Å². The number of ether oxygens (including phenoxy) is 2. The van der Waals surface area contributed by atoms with Crippen LogP contribution in [0.1, 0.15) is 30.1 Å². The van der Waals surface area contributed by atoms with Crippen LogP contribution in [0, 0.1) is 5.92 Å². The van der Waals surface area contributed by atoms with E-state index in [0.29, 0.717) is 54.1 Å². The van der Waals surface area contributed by atoms with E-state index < -0.39 is 0 Å². The van der Waals surface area contributed by atoms with Crippen molar-refractivity contribution in [1.29, 1.82) is 0 Å². The van der Waals surface area contributed by atoms with Gasteiger partial charge in [-0.05, 0) is 63.2 Å². The Hall–Kier alpha value is -2.57. The molecule has 2 aliphatic heterocycles. The molecule has 2 aromatic carbocycles. The van der Waals surface area contributed by atoms with Crippen molar-refractivity contribution < 1.29 is 19.1 Å². The fourth-order valence-corrected chi connectivity index (χ4v) is 4.13. The van der Waals surface area contributed by atoms with Crippen molar-refractivity contribution in [1.82, 2.24) is 4.90 Å². The van der Waals surface area contributed by atoms with E-state index in [9.17, 15) is 9.59 Å². The third-order valence-corrected chi connectivity index (χ3v) is 6.12. The lowest BCUT2D eigenvalue weighted by molar-refractivity contribution is -0.121. The maximum atomic E-state index is 13.0. The van der Waals surface area contributed by atoms with E-state index in [4.69, 9.17) is 21.1 Å². The van der Waals surface area contributed by atoms with Gasteiger partial charge in [0.2, 0.25) is 5.91 Å². The van der Waals surface area contributed by atoms with Gasteiger partial charge in [0.1, 0.15) is 13.2 Å². The van der Waals surface area contributed by atoms with E-state index >= 15 is 0 Å². The third kappa shape index (κ3) is 4.45. The summed E-state index contributed by atoms with van der Waals surface area (Å²) in [7, 11) is 0. The van der Waals surface area contributed by atoms with Crippen molar-refractivity contribution in [2.24, 2.45) is 5.92 Å². The van der Waals surface area contributed by atoms with Gasteiger partial charge < -0.3 is 14.8 Å². The van der Waals surface area contributed by atoms with E-state index in [0.717, 1.165) is 12.8 Å². The average Bonchev–Trinajstić information content (AvgIpc) is 2.79. The van der Waals surface area contributed by atoms with Crippen LogP contribution in [0.2, 0.25) is 5.02 Å². The van der Waals surface area contributed by atoms with Crippen molar-refractivity contribution in [3.63, 3.8) is 0 Å². The van der Waals surface area contributed by atoms with E-state index in [1.54, 1.807) is 24.3 Å². The van der Waals surface area contributed by atoms with Gasteiger partial charge in [0, 0.05) is 11.5 Å². The number of carbonyl (C=O) groups is 2. The van der Waals surface area contributed by atoms with Crippen molar-refractivity contribution in [2.45, 2.75) is 25.8 Å². The van der Waals surface area contributed by atoms with Crippen molar-refractivity contribution >= 4 is 29.0 Å². The zero-order chi connectivity index (χ0) is 21.1. The highest BCUT2D eigenvalue weighted by Crippen LogP contribution is 2.33. The highest BCUT2D eigenvalue weighted by Gasteiger charge is 2.31. The number of rotatable bonds is 5. The second-order valence-corrected chi connectivity index (χ2v) is 8.09. The molecule has 158 valence electrons. The van der Waals surface area contributed by atoms with E-state index in [2.05, 4.69) is 10.2 Å². The van der Waals surface area contributed by atoms with Crippen LogP contribution in [-0.2, 0) is 4.79 Å². The summed E-state index contributed by atoms with van der Waals surface area (Å²) in [4.78, 5) is 27.7. The molecular formula is C23H25ClN2O4. The first-order valence-electron chi connectivity index (χ1n) is 10.3. The number of para-hydroxylation sites is 1. The monoisotopic (exact) mass is 428 g/mol. The molecule has 1 unspecified atom stereocenters. The molecule has 4 rings (SSSR count). The number of Topliss-reactive ketones (excluding diaryl/α,β-unsaturated/α-hetero) is 1. The largest absolute Gasteiger partial charge is 0.486 e. The molecule has 1 N–H and O–H groups in total. The molecule has 6 nitrogen and oxygen atoms in total. The van der Waals surface area contributed by atoms with E-state index in [1.807, 2.05) is 25.1 Å². The highest BCUT2D eigenvalue weighted by molar-refractivity contribution is 6.33. The summed E-state index contributed by atoms with van der Waals surface area (Å²) in [6.45, 7) is 4.30. The van der Waals surface area contributed by atoms with Gasteiger partial charge in [-0.2, -0.15) is 0 Å². The number of likely N-dealkylation sites (tertiary alicyclic amines) is 1. The molecule has 0 aliphatic carbocycles. The Bertz CT molecular complexity index is 941. The minimum absolute atomic E-state index is 0.0531. The highest BCUT2D eigenvalue weighted by atomic mass is 35.5. The number of amides is 1. The Balaban J connectivity index is 1.33. The number of hydrogen-bond donors (Lipinski definition) is 1. The quantitative estimate of drug-likeness (QED) is 0.728. The van der Waals surface area contributed by atoms with Gasteiger partial charge in [0.15, 0.2) is 17.3 Å². The molecule has 1 amide bonds. The number of hydrogen-bond acceptors (Lipinski definition) is 5. The standard InChI is InChI=1S/C23H25ClN2O4/c1-15(23(28)25-19-5-3-2-4-18(19)24)26-10-8-16(9-11-26)22(27)17-6-7-20-21(14-17)30-13-12-29-20/h2-7,14-16H,8-13H2,1H3,(H,25,28). The molecular weight excluding hydrogens is 404 g/mol. The molecule has 2 aromatic rings. The first kappa shape index (κ1) is 20.7. The van der Waals surface area contributed by atoms with Gasteiger partial charge in [-0.1, -0.05) is 23.7 Å². The van der Waals surface area contributed by atoms with Crippen molar-refractivity contribution in [3.8, 4) is 11.5 Å². The molecule has 0 saturated carbocycles. The number of fused-ring (bicyclic) bond motifs is 1. The fourth-order valence-electron chi connectivity index (χ4n) is 3.95. The van der Waals surface area contributed by atoms with Crippen LogP contribution in [-0.4, -0.2) is 48.9 Å². The zero-order valence-corrected chi connectivity index (χ0v) is 17.7. The molecule has 0 radical (unpaired) electrons. The molecule has 0 aromatic heterocycles. The minimum atomic E-state index is -0.299. The number of ketones is 1. The summed E-state index contributed by atoms with van der Waals surface area (Å²) in [5.41, 5.74) is 1.27. The van der Waals surface area contributed by atoms with Crippen LogP contribution >= 0.6 is 11.6 Å². The Morgan fingerprint density at radius 1 is 1.07 bits per heavy atom. The van der Waals surface area contributed by atoms with Crippen molar-refractivity contribution in [2.75, 3.05) is 31.6 Å². The number of nitrogens with one attached hydrogen (secondary N) is 1. The van der Waals surface area contributed by atoms with E-state index in [1.165, 1.54) is 0 Å². The van der Waals surface area contributed by atoms with Crippen LogP contribution in [0.15, 0.2) is 42.5 Å². The predicted octanol–water partition coefficient (Wildman–Crippen LogP) is 4.03. The van der Waals surface area contributed by atoms with Crippen LogP contribution < -0.4 is 14.8 Å². The molecule has 1 fully saturated rings. The van der Waals surface area contributed by atoms with Crippen LogP contribution in [0.25, 0.3) is 0 Å². The minimum Gasteiger partial charge on any atom is -0.486 e. The number of anilines is 1. The van der Waals surface area contributed by atoms with Crippen molar-refractivity contribution in [3.05, 3.63) is 53.1 Å². The van der Waals surface area contributed by atoms with Gasteiger partial charge in [-0.15, -0.1) is 0 Å². The molecule has 0 bridgehead atoms. The Kier molecular flexibility index (Phi) is 6.25. The molecule has 0 spiro atoms. The van der Waals surface area contributed by atoms with Gasteiger partial charge >= 0.3 is 0 Å². The van der Waals surface area contributed by atoms with Crippen LogP contribution in [0.5, 0.6) is 11.5 Å². The Morgan fingerprint density at radius 3 is 2.50 bits per heavy atom. The molecule has 30 heavy (non-hydrogen) atoms. The number of nitrogens with zero attached hydrogens (tertiary/aromatic N) is 1. The zero-order valence-electron chi connectivity index (χ0n) is 16.9. The first-order chi connectivity index (χ1) is 14.5. The molecule has 1 saturated heterocycles.